The Labute approximate surface area is 205 Å². The topological polar surface area (TPSA) is 116 Å². The average molecular weight is 521 g/mol. The van der Waals surface area contributed by atoms with Gasteiger partial charge in [0.2, 0.25) is 21.9 Å². The first kappa shape index (κ1) is 25.2. The Morgan fingerprint density at radius 3 is 2.58 bits per heavy atom. The van der Waals surface area contributed by atoms with Gasteiger partial charge in [-0.25, -0.2) is 13.4 Å². The minimum Gasteiger partial charge on any atom is -0.365 e. The fourth-order valence-electron chi connectivity index (χ4n) is 3.93. The summed E-state index contributed by atoms with van der Waals surface area (Å²) in [7, 11) is -2.22. The van der Waals surface area contributed by atoms with Crippen molar-refractivity contribution in [1.29, 1.82) is 0 Å². The first-order valence-corrected chi connectivity index (χ1v) is 12.6. The molecule has 190 valence electrons. The molecule has 1 aliphatic heterocycles. The van der Waals surface area contributed by atoms with E-state index in [-0.39, 0.29) is 24.8 Å². The molecule has 0 spiro atoms. The smallest absolute Gasteiger partial charge is 0.365 e. The Bertz CT molecular complexity index is 1440. The fraction of sp³-hybridized carbons (Fsp3) is 0.261. The highest BCUT2D eigenvalue weighted by Gasteiger charge is 2.35. The average Bonchev–Trinajstić information content (AvgIpc) is 3.17. The van der Waals surface area contributed by atoms with E-state index in [1.807, 2.05) is 0 Å². The van der Waals surface area contributed by atoms with Gasteiger partial charge in [0.1, 0.15) is 11.4 Å². The van der Waals surface area contributed by atoms with E-state index in [9.17, 15) is 26.4 Å². The third-order valence-corrected chi connectivity index (χ3v) is 6.89. The summed E-state index contributed by atoms with van der Waals surface area (Å²) in [4.78, 5) is 19.6. The number of rotatable bonds is 7. The number of benzene rings is 2. The lowest BCUT2D eigenvalue weighted by Gasteiger charge is -2.23. The normalized spacial score (nSPS) is 13.2. The molecule has 0 atom stereocenters. The molecule has 9 nitrogen and oxygen atoms in total. The molecular weight excluding hydrogens is 497 g/mol. The van der Waals surface area contributed by atoms with E-state index in [1.165, 1.54) is 7.05 Å². The predicted octanol–water partition coefficient (Wildman–Crippen LogP) is 4.05. The van der Waals surface area contributed by atoms with Crippen molar-refractivity contribution in [3.05, 3.63) is 64.8 Å². The zero-order chi connectivity index (χ0) is 26.3. The molecule has 0 fully saturated rings. The number of fused-ring (bicyclic) bond motifs is 1. The number of nitrogens with zero attached hydrogens (tertiary/aromatic N) is 3. The molecule has 4 rings (SSSR count). The number of halogens is 3. The highest BCUT2D eigenvalue weighted by molar-refractivity contribution is 7.92. The number of aryl methyl sites for hydroxylation is 1. The van der Waals surface area contributed by atoms with Gasteiger partial charge in [-0.1, -0.05) is 24.3 Å². The number of para-hydroxylation sites is 1. The van der Waals surface area contributed by atoms with Crippen LogP contribution in [-0.2, 0) is 34.0 Å². The van der Waals surface area contributed by atoms with E-state index >= 15 is 0 Å². The van der Waals surface area contributed by atoms with Crippen LogP contribution >= 0.6 is 0 Å². The van der Waals surface area contributed by atoms with E-state index in [4.69, 9.17) is 0 Å². The zero-order valence-electron chi connectivity index (χ0n) is 19.6. The van der Waals surface area contributed by atoms with E-state index in [0.29, 0.717) is 39.9 Å². The van der Waals surface area contributed by atoms with Gasteiger partial charge in [-0.3, -0.25) is 9.10 Å². The lowest BCUT2D eigenvalue weighted by molar-refractivity contribution is -0.137. The van der Waals surface area contributed by atoms with Crippen molar-refractivity contribution < 1.29 is 26.4 Å². The van der Waals surface area contributed by atoms with E-state index < -0.39 is 27.6 Å². The van der Waals surface area contributed by atoms with E-state index in [0.717, 1.165) is 10.6 Å². The molecule has 0 saturated carbocycles. The fourth-order valence-corrected chi connectivity index (χ4v) is 4.52. The minimum absolute atomic E-state index is 0.101. The lowest BCUT2D eigenvalue weighted by Crippen LogP contribution is -2.27. The predicted molar refractivity (Wildman–Crippen MR) is 131 cm³/mol. The molecule has 0 saturated heterocycles. The lowest BCUT2D eigenvalue weighted by atomic mass is 10.1. The van der Waals surface area contributed by atoms with Crippen LogP contribution in [0.2, 0.25) is 0 Å². The first-order chi connectivity index (χ1) is 16.8. The van der Waals surface area contributed by atoms with Gasteiger partial charge >= 0.3 is 6.18 Å². The Morgan fingerprint density at radius 2 is 1.89 bits per heavy atom. The zero-order valence-corrected chi connectivity index (χ0v) is 20.4. The molecule has 1 aliphatic rings. The molecule has 1 aromatic heterocycles. The van der Waals surface area contributed by atoms with Crippen molar-refractivity contribution in [3.63, 3.8) is 0 Å². The van der Waals surface area contributed by atoms with Gasteiger partial charge in [0, 0.05) is 36.7 Å². The van der Waals surface area contributed by atoms with Crippen LogP contribution in [0.15, 0.2) is 42.6 Å². The SMILES string of the molecule is Cc1cccc(CNc2nc(Nc3cccc4c3CC(=O)N4)ncc2C(F)(F)F)c1N(C)S(C)(=O)=O. The van der Waals surface area contributed by atoms with Crippen LogP contribution in [0, 0.1) is 6.92 Å². The number of carbonyl (C=O) groups excluding carboxylic acids is 1. The quantitative estimate of drug-likeness (QED) is 0.430. The molecular formula is C23H23F3N6O3S. The number of carbonyl (C=O) groups is 1. The Balaban J connectivity index is 1.67. The highest BCUT2D eigenvalue weighted by Crippen LogP contribution is 2.36. The second-order valence-electron chi connectivity index (χ2n) is 8.30. The van der Waals surface area contributed by atoms with Gasteiger partial charge in [-0.05, 0) is 30.2 Å². The summed E-state index contributed by atoms with van der Waals surface area (Å²) in [6.45, 7) is 1.59. The van der Waals surface area contributed by atoms with Crippen molar-refractivity contribution in [2.24, 2.45) is 0 Å². The van der Waals surface area contributed by atoms with Crippen molar-refractivity contribution in [2.45, 2.75) is 26.1 Å². The third-order valence-electron chi connectivity index (χ3n) is 5.71. The standard InChI is InChI=1S/C23H23F3N6O3S/c1-13-6-4-7-14(20(13)32(2)36(3,34)35)11-27-21-16(23(24,25)26)12-28-22(31-21)30-18-9-5-8-17-15(18)10-19(33)29-17/h4-9,12H,10-11H2,1-3H3,(H,29,33)(H2,27,28,30,31). The Hall–Kier alpha value is -3.87. The van der Waals surface area contributed by atoms with Crippen LogP contribution in [0.4, 0.5) is 42.0 Å². The maximum Gasteiger partial charge on any atom is 0.421 e. The monoisotopic (exact) mass is 520 g/mol. The van der Waals surface area contributed by atoms with Gasteiger partial charge < -0.3 is 16.0 Å². The molecule has 3 N–H and O–H groups in total. The number of amides is 1. The molecule has 1 amide bonds. The molecule has 36 heavy (non-hydrogen) atoms. The number of hydrogen-bond donors (Lipinski definition) is 3. The summed E-state index contributed by atoms with van der Waals surface area (Å²) >= 11 is 0. The summed E-state index contributed by atoms with van der Waals surface area (Å²) in [5.41, 5.74) is 2.16. The van der Waals surface area contributed by atoms with Crippen LogP contribution in [0.25, 0.3) is 0 Å². The molecule has 0 bridgehead atoms. The summed E-state index contributed by atoms with van der Waals surface area (Å²) < 4.78 is 66.5. The maximum absolute atomic E-state index is 13.7. The minimum atomic E-state index is -4.73. The van der Waals surface area contributed by atoms with Crippen LogP contribution in [0.1, 0.15) is 22.3 Å². The number of alkyl halides is 3. The third kappa shape index (κ3) is 5.20. The van der Waals surface area contributed by atoms with Gasteiger partial charge in [-0.2, -0.15) is 18.2 Å². The molecule has 0 unspecified atom stereocenters. The number of aromatic nitrogens is 2. The van der Waals surface area contributed by atoms with Gasteiger partial charge in [0.15, 0.2) is 0 Å². The van der Waals surface area contributed by atoms with Crippen molar-refractivity contribution in [1.82, 2.24) is 9.97 Å². The molecule has 3 aromatic rings. The molecule has 13 heteroatoms. The van der Waals surface area contributed by atoms with Crippen molar-refractivity contribution >= 4 is 44.8 Å². The summed E-state index contributed by atoms with van der Waals surface area (Å²) in [5.74, 6) is -0.768. The molecule has 0 aliphatic carbocycles. The second-order valence-corrected chi connectivity index (χ2v) is 10.3. The summed E-state index contributed by atoms with van der Waals surface area (Å²) in [5, 5.41) is 8.29. The van der Waals surface area contributed by atoms with Crippen molar-refractivity contribution in [3.8, 4) is 0 Å². The molecule has 0 radical (unpaired) electrons. The summed E-state index contributed by atoms with van der Waals surface area (Å²) in [6, 6.07) is 10.1. The first-order valence-electron chi connectivity index (χ1n) is 10.7. The molecule has 2 aromatic carbocycles. The number of hydrogen-bond acceptors (Lipinski definition) is 7. The summed E-state index contributed by atoms with van der Waals surface area (Å²) in [6.07, 6.45) is -2.90. The van der Waals surface area contributed by atoms with Crippen LogP contribution in [-0.4, -0.2) is 37.6 Å². The van der Waals surface area contributed by atoms with E-state index in [1.54, 1.807) is 43.3 Å². The van der Waals surface area contributed by atoms with E-state index in [2.05, 4.69) is 25.9 Å². The number of anilines is 5. The maximum atomic E-state index is 13.7. The molecule has 2 heterocycles. The van der Waals surface area contributed by atoms with Gasteiger partial charge in [0.05, 0.1) is 18.4 Å². The largest absolute Gasteiger partial charge is 0.421 e. The van der Waals surface area contributed by atoms with Gasteiger partial charge in [-0.15, -0.1) is 0 Å². The van der Waals surface area contributed by atoms with Crippen LogP contribution < -0.4 is 20.3 Å². The Kier molecular flexibility index (Phi) is 6.52. The highest BCUT2D eigenvalue weighted by atomic mass is 32.2. The van der Waals surface area contributed by atoms with Gasteiger partial charge in [0.25, 0.3) is 0 Å². The van der Waals surface area contributed by atoms with Crippen LogP contribution in [0.3, 0.4) is 0 Å². The number of nitrogens with one attached hydrogen (secondary N) is 3. The van der Waals surface area contributed by atoms with Crippen LogP contribution in [0.5, 0.6) is 0 Å². The Morgan fingerprint density at radius 1 is 1.17 bits per heavy atom. The van der Waals surface area contributed by atoms with Crippen molar-refractivity contribution in [2.75, 3.05) is 33.6 Å². The number of sulfonamides is 1. The second kappa shape index (κ2) is 9.30.